The van der Waals surface area contributed by atoms with E-state index in [4.69, 9.17) is 4.74 Å². The third-order valence-corrected chi connectivity index (χ3v) is 3.98. The van der Waals surface area contributed by atoms with Gasteiger partial charge in [-0.1, -0.05) is 13.3 Å². The first-order chi connectivity index (χ1) is 11.2. The van der Waals surface area contributed by atoms with E-state index in [2.05, 4.69) is 6.92 Å². The van der Waals surface area contributed by atoms with Crippen molar-refractivity contribution in [2.75, 3.05) is 13.2 Å². The average Bonchev–Trinajstić information content (AvgIpc) is 2.55. The number of hydrogen-bond acceptors (Lipinski definition) is 2. The number of nitrogens with zero attached hydrogens (tertiary/aromatic N) is 1. The third kappa shape index (κ3) is 3.27. The SMILES string of the molecule is CCCCOc1ccc2c(c1)c[n+](CCO)c1ccc(F)cc21. The topological polar surface area (TPSA) is 33.3 Å². The van der Waals surface area contributed by atoms with E-state index in [1.807, 2.05) is 29.0 Å². The monoisotopic (exact) mass is 314 g/mol. The summed E-state index contributed by atoms with van der Waals surface area (Å²) in [6.45, 7) is 3.33. The number of halogens is 1. The van der Waals surface area contributed by atoms with Crippen molar-refractivity contribution in [3.8, 4) is 5.75 Å². The van der Waals surface area contributed by atoms with Crippen molar-refractivity contribution in [1.82, 2.24) is 0 Å². The molecule has 0 atom stereocenters. The lowest BCUT2D eigenvalue weighted by Crippen LogP contribution is -2.36. The van der Waals surface area contributed by atoms with Crippen LogP contribution in [0.4, 0.5) is 4.39 Å². The second kappa shape index (κ2) is 6.92. The fraction of sp³-hybridized carbons (Fsp3) is 0.316. The molecule has 4 heteroatoms. The average molecular weight is 314 g/mol. The van der Waals surface area contributed by atoms with Crippen molar-refractivity contribution in [2.45, 2.75) is 26.3 Å². The molecule has 3 aromatic rings. The minimum atomic E-state index is -0.260. The molecule has 1 heterocycles. The first-order valence-corrected chi connectivity index (χ1v) is 8.02. The molecule has 3 nitrogen and oxygen atoms in total. The van der Waals surface area contributed by atoms with Gasteiger partial charge in [0.15, 0.2) is 12.7 Å². The minimum Gasteiger partial charge on any atom is -0.494 e. The van der Waals surface area contributed by atoms with Crippen LogP contribution in [0.5, 0.6) is 5.75 Å². The van der Waals surface area contributed by atoms with Crippen LogP contribution in [0.2, 0.25) is 0 Å². The fourth-order valence-electron chi connectivity index (χ4n) is 2.82. The quantitative estimate of drug-likeness (QED) is 0.428. The molecule has 120 valence electrons. The van der Waals surface area contributed by atoms with Crippen LogP contribution in [0.25, 0.3) is 21.7 Å². The number of ether oxygens (including phenoxy) is 1. The van der Waals surface area contributed by atoms with Gasteiger partial charge in [0.25, 0.3) is 0 Å². The smallest absolute Gasteiger partial charge is 0.213 e. The van der Waals surface area contributed by atoms with Gasteiger partial charge in [-0.2, -0.15) is 4.57 Å². The van der Waals surface area contributed by atoms with Crippen molar-refractivity contribution in [3.05, 3.63) is 48.4 Å². The molecule has 0 saturated carbocycles. The largest absolute Gasteiger partial charge is 0.494 e. The highest BCUT2D eigenvalue weighted by atomic mass is 19.1. The van der Waals surface area contributed by atoms with Crippen molar-refractivity contribution in [2.24, 2.45) is 0 Å². The highest BCUT2D eigenvalue weighted by molar-refractivity contribution is 6.04. The summed E-state index contributed by atoms with van der Waals surface area (Å²) in [6.07, 6.45) is 4.10. The number of unbranched alkanes of at least 4 members (excludes halogenated alkanes) is 1. The van der Waals surface area contributed by atoms with Gasteiger partial charge in [-0.05, 0) is 36.8 Å². The van der Waals surface area contributed by atoms with Crippen LogP contribution in [0.15, 0.2) is 42.6 Å². The zero-order valence-corrected chi connectivity index (χ0v) is 13.3. The fourth-order valence-corrected chi connectivity index (χ4v) is 2.82. The Morgan fingerprint density at radius 1 is 1.13 bits per heavy atom. The Morgan fingerprint density at radius 3 is 2.78 bits per heavy atom. The van der Waals surface area contributed by atoms with Crippen LogP contribution in [-0.2, 0) is 6.54 Å². The van der Waals surface area contributed by atoms with Crippen LogP contribution in [-0.4, -0.2) is 18.3 Å². The first kappa shape index (κ1) is 15.7. The Morgan fingerprint density at radius 2 is 2.00 bits per heavy atom. The molecule has 1 aromatic heterocycles. The van der Waals surface area contributed by atoms with Crippen LogP contribution in [0.1, 0.15) is 19.8 Å². The lowest BCUT2D eigenvalue weighted by atomic mass is 10.1. The lowest BCUT2D eigenvalue weighted by Gasteiger charge is -2.08. The highest BCUT2D eigenvalue weighted by Gasteiger charge is 2.14. The van der Waals surface area contributed by atoms with Gasteiger partial charge in [0.05, 0.1) is 17.4 Å². The Kier molecular flexibility index (Phi) is 4.72. The predicted octanol–water partition coefficient (Wildman–Crippen LogP) is 3.59. The Balaban J connectivity index is 2.13. The van der Waals surface area contributed by atoms with E-state index < -0.39 is 0 Å². The van der Waals surface area contributed by atoms with E-state index >= 15 is 0 Å². The standard InChI is InChI=1S/C19H21FNO2/c1-2-3-10-23-16-5-6-17-14(11-16)13-21(8-9-22)19-7-4-15(20)12-18(17)19/h4-7,11-13,22H,2-3,8-10H2,1H3/q+1. The summed E-state index contributed by atoms with van der Waals surface area (Å²) in [5.74, 6) is 0.557. The van der Waals surface area contributed by atoms with E-state index in [-0.39, 0.29) is 12.4 Å². The van der Waals surface area contributed by atoms with Gasteiger partial charge in [-0.25, -0.2) is 4.39 Å². The van der Waals surface area contributed by atoms with Crippen LogP contribution in [0.3, 0.4) is 0 Å². The number of aromatic nitrogens is 1. The predicted molar refractivity (Wildman–Crippen MR) is 89.1 cm³/mol. The molecule has 1 N–H and O–H groups in total. The van der Waals surface area contributed by atoms with Crippen molar-refractivity contribution in [1.29, 1.82) is 0 Å². The van der Waals surface area contributed by atoms with E-state index in [1.165, 1.54) is 6.07 Å². The first-order valence-electron chi connectivity index (χ1n) is 8.02. The Bertz CT molecular complexity index is 832. The van der Waals surface area contributed by atoms with Crippen molar-refractivity contribution < 1.29 is 18.8 Å². The summed E-state index contributed by atoms with van der Waals surface area (Å²) in [6, 6.07) is 10.6. The van der Waals surface area contributed by atoms with Crippen LogP contribution < -0.4 is 9.30 Å². The van der Waals surface area contributed by atoms with E-state index in [0.29, 0.717) is 13.2 Å². The van der Waals surface area contributed by atoms with Gasteiger partial charge in [-0.3, -0.25) is 0 Å². The summed E-state index contributed by atoms with van der Waals surface area (Å²) >= 11 is 0. The molecular formula is C19H21FNO2+. The molecule has 0 bridgehead atoms. The molecule has 2 aromatic carbocycles. The van der Waals surface area contributed by atoms with Crippen LogP contribution >= 0.6 is 0 Å². The number of fused-ring (bicyclic) bond motifs is 3. The van der Waals surface area contributed by atoms with Gasteiger partial charge in [0, 0.05) is 11.5 Å². The maximum atomic E-state index is 13.7. The van der Waals surface area contributed by atoms with Crippen molar-refractivity contribution in [3.63, 3.8) is 0 Å². The summed E-state index contributed by atoms with van der Waals surface area (Å²) < 4.78 is 21.4. The third-order valence-electron chi connectivity index (χ3n) is 3.98. The molecular weight excluding hydrogens is 293 g/mol. The molecule has 0 saturated heterocycles. The van der Waals surface area contributed by atoms with E-state index in [1.54, 1.807) is 12.1 Å². The molecule has 0 fully saturated rings. The summed E-state index contributed by atoms with van der Waals surface area (Å²) in [4.78, 5) is 0. The summed E-state index contributed by atoms with van der Waals surface area (Å²) in [5, 5.41) is 12.1. The molecule has 0 aliphatic rings. The van der Waals surface area contributed by atoms with Gasteiger partial charge < -0.3 is 9.84 Å². The molecule has 0 aliphatic heterocycles. The number of aliphatic hydroxyl groups is 1. The van der Waals surface area contributed by atoms with Gasteiger partial charge >= 0.3 is 0 Å². The molecule has 0 spiro atoms. The number of pyridine rings is 1. The second-order valence-electron chi connectivity index (χ2n) is 5.66. The number of benzene rings is 2. The summed E-state index contributed by atoms with van der Waals surface area (Å²) in [5.41, 5.74) is 0.910. The molecule has 0 aliphatic carbocycles. The number of aliphatic hydroxyl groups excluding tert-OH is 1. The van der Waals surface area contributed by atoms with E-state index in [9.17, 15) is 9.50 Å². The van der Waals surface area contributed by atoms with Gasteiger partial charge in [0.2, 0.25) is 5.52 Å². The maximum Gasteiger partial charge on any atom is 0.213 e. The van der Waals surface area contributed by atoms with Gasteiger partial charge in [-0.15, -0.1) is 0 Å². The number of rotatable bonds is 6. The molecule has 0 unspecified atom stereocenters. The molecule has 0 amide bonds. The number of hydrogen-bond donors (Lipinski definition) is 1. The minimum absolute atomic E-state index is 0.0370. The highest BCUT2D eigenvalue weighted by Crippen LogP contribution is 2.27. The zero-order valence-electron chi connectivity index (χ0n) is 13.3. The summed E-state index contributed by atoms with van der Waals surface area (Å²) in [7, 11) is 0. The lowest BCUT2D eigenvalue weighted by molar-refractivity contribution is -0.671. The Labute approximate surface area is 134 Å². The molecule has 3 rings (SSSR count). The van der Waals surface area contributed by atoms with Gasteiger partial charge in [0.1, 0.15) is 18.2 Å². The van der Waals surface area contributed by atoms with E-state index in [0.717, 1.165) is 40.3 Å². The Hall–Kier alpha value is -2.20. The zero-order chi connectivity index (χ0) is 16.2. The second-order valence-corrected chi connectivity index (χ2v) is 5.66. The maximum absolute atomic E-state index is 13.7. The van der Waals surface area contributed by atoms with Crippen molar-refractivity contribution >= 4 is 21.7 Å². The molecule has 23 heavy (non-hydrogen) atoms. The van der Waals surface area contributed by atoms with Crippen LogP contribution in [0, 0.1) is 5.82 Å². The normalized spacial score (nSPS) is 11.3. The molecule has 0 radical (unpaired) electrons.